The number of ether oxygens (including phenoxy) is 1. The van der Waals surface area contributed by atoms with E-state index >= 15 is 0 Å². The Balaban J connectivity index is 1.99. The molecule has 0 radical (unpaired) electrons. The van der Waals surface area contributed by atoms with E-state index in [4.69, 9.17) is 4.74 Å². The molecule has 2 unspecified atom stereocenters. The van der Waals surface area contributed by atoms with Crippen LogP contribution in [0.4, 0.5) is 8.78 Å². The fourth-order valence-corrected chi connectivity index (χ4v) is 2.87. The summed E-state index contributed by atoms with van der Waals surface area (Å²) in [6.07, 6.45) is -1.07. The van der Waals surface area contributed by atoms with Crippen molar-refractivity contribution in [2.24, 2.45) is 0 Å². The van der Waals surface area contributed by atoms with Gasteiger partial charge in [-0.05, 0) is 36.4 Å². The Morgan fingerprint density at radius 1 is 1.05 bits per heavy atom. The number of halogens is 3. The van der Waals surface area contributed by atoms with Crippen LogP contribution in [0, 0.1) is 11.6 Å². The molecule has 0 fully saturated rings. The molecule has 0 amide bonds. The fourth-order valence-electron chi connectivity index (χ4n) is 2.37. The minimum Gasteiger partial charge on any atom is -0.485 e. The average Bonchev–Trinajstić information content (AvgIpc) is 2.42. The van der Waals surface area contributed by atoms with Crippen LogP contribution in [0.2, 0.25) is 0 Å². The molecule has 5 heteroatoms. The van der Waals surface area contributed by atoms with E-state index < -0.39 is 18.0 Å². The first-order chi connectivity index (χ1) is 9.54. The summed E-state index contributed by atoms with van der Waals surface area (Å²) < 4.78 is 33.0. The third kappa shape index (κ3) is 2.43. The SMILES string of the molecule is OC1CC(c2cc(F)ccc2Br)Oc2ccc(F)cc21. The highest BCUT2D eigenvalue weighted by Gasteiger charge is 2.29. The first-order valence-corrected chi connectivity index (χ1v) is 6.93. The van der Waals surface area contributed by atoms with Gasteiger partial charge in [0.2, 0.25) is 0 Å². The molecule has 1 N–H and O–H groups in total. The summed E-state index contributed by atoms with van der Waals surface area (Å²) in [6.45, 7) is 0. The summed E-state index contributed by atoms with van der Waals surface area (Å²) in [5, 5.41) is 10.1. The highest BCUT2D eigenvalue weighted by Crippen LogP contribution is 2.42. The van der Waals surface area contributed by atoms with E-state index in [1.807, 2.05) is 0 Å². The van der Waals surface area contributed by atoms with Crippen LogP contribution in [0.3, 0.4) is 0 Å². The first kappa shape index (κ1) is 13.5. The molecule has 20 heavy (non-hydrogen) atoms. The van der Waals surface area contributed by atoms with Gasteiger partial charge in [0, 0.05) is 22.0 Å². The van der Waals surface area contributed by atoms with Crippen molar-refractivity contribution in [2.45, 2.75) is 18.6 Å². The van der Waals surface area contributed by atoms with Gasteiger partial charge in [0.15, 0.2) is 0 Å². The number of benzene rings is 2. The van der Waals surface area contributed by atoms with Gasteiger partial charge in [-0.3, -0.25) is 0 Å². The van der Waals surface area contributed by atoms with Gasteiger partial charge in [0.1, 0.15) is 23.5 Å². The van der Waals surface area contributed by atoms with Gasteiger partial charge >= 0.3 is 0 Å². The Morgan fingerprint density at radius 2 is 1.70 bits per heavy atom. The molecule has 3 rings (SSSR count). The van der Waals surface area contributed by atoms with Gasteiger partial charge in [0.25, 0.3) is 0 Å². The number of fused-ring (bicyclic) bond motifs is 1. The van der Waals surface area contributed by atoms with E-state index in [0.717, 1.165) is 0 Å². The van der Waals surface area contributed by atoms with Crippen molar-refractivity contribution in [2.75, 3.05) is 0 Å². The third-order valence-corrected chi connectivity index (χ3v) is 4.06. The number of hydrogen-bond donors (Lipinski definition) is 1. The number of hydrogen-bond acceptors (Lipinski definition) is 2. The summed E-state index contributed by atoms with van der Waals surface area (Å²) in [5.41, 5.74) is 1.05. The molecular weight excluding hydrogens is 330 g/mol. The Kier molecular flexibility index (Phi) is 3.48. The lowest BCUT2D eigenvalue weighted by Crippen LogP contribution is -2.19. The summed E-state index contributed by atoms with van der Waals surface area (Å²) in [6, 6.07) is 8.32. The van der Waals surface area contributed by atoms with Gasteiger partial charge in [-0.1, -0.05) is 15.9 Å². The summed E-state index contributed by atoms with van der Waals surface area (Å²) in [5.74, 6) is -0.366. The van der Waals surface area contributed by atoms with E-state index in [1.165, 1.54) is 30.3 Å². The topological polar surface area (TPSA) is 29.5 Å². The van der Waals surface area contributed by atoms with Crippen LogP contribution in [0.5, 0.6) is 5.75 Å². The molecule has 1 heterocycles. The van der Waals surface area contributed by atoms with E-state index in [1.54, 1.807) is 6.07 Å². The lowest BCUT2D eigenvalue weighted by molar-refractivity contribution is 0.0648. The average molecular weight is 341 g/mol. The second-order valence-corrected chi connectivity index (χ2v) is 5.56. The molecule has 0 saturated carbocycles. The normalized spacial score (nSPS) is 21.2. The van der Waals surface area contributed by atoms with Crippen molar-refractivity contribution in [3.05, 3.63) is 63.6 Å². The molecule has 1 aliphatic heterocycles. The lowest BCUT2D eigenvalue weighted by atomic mass is 9.95. The minimum atomic E-state index is -0.838. The maximum absolute atomic E-state index is 13.4. The van der Waals surface area contributed by atoms with Crippen molar-refractivity contribution in [3.8, 4) is 5.75 Å². The van der Waals surface area contributed by atoms with Crippen molar-refractivity contribution in [1.82, 2.24) is 0 Å². The predicted molar refractivity (Wildman–Crippen MR) is 73.4 cm³/mol. The lowest BCUT2D eigenvalue weighted by Gasteiger charge is -2.30. The quantitative estimate of drug-likeness (QED) is 0.839. The molecule has 0 saturated heterocycles. The third-order valence-electron chi connectivity index (χ3n) is 3.34. The zero-order valence-corrected chi connectivity index (χ0v) is 11.9. The number of aliphatic hydroxyl groups is 1. The van der Waals surface area contributed by atoms with Crippen molar-refractivity contribution < 1.29 is 18.6 Å². The van der Waals surface area contributed by atoms with Gasteiger partial charge in [-0.2, -0.15) is 0 Å². The Hall–Kier alpha value is -1.46. The standard InChI is InChI=1S/C15H11BrF2O2/c16-12-3-1-8(17)5-10(12)15-7-13(19)11-6-9(18)2-4-14(11)20-15/h1-6,13,15,19H,7H2. The van der Waals surface area contributed by atoms with Crippen LogP contribution in [-0.2, 0) is 0 Å². The van der Waals surface area contributed by atoms with Gasteiger partial charge in [-0.25, -0.2) is 8.78 Å². The van der Waals surface area contributed by atoms with Crippen LogP contribution < -0.4 is 4.74 Å². The number of rotatable bonds is 1. The predicted octanol–water partition coefficient (Wildman–Crippen LogP) is 4.28. The van der Waals surface area contributed by atoms with Crippen LogP contribution in [0.15, 0.2) is 40.9 Å². The summed E-state index contributed by atoms with van der Waals surface area (Å²) in [4.78, 5) is 0. The summed E-state index contributed by atoms with van der Waals surface area (Å²) >= 11 is 3.35. The maximum atomic E-state index is 13.4. The second kappa shape index (κ2) is 5.14. The molecule has 0 aliphatic carbocycles. The number of aliphatic hydroxyl groups excluding tert-OH is 1. The maximum Gasteiger partial charge on any atom is 0.128 e. The molecule has 0 spiro atoms. The molecular formula is C15H11BrF2O2. The van der Waals surface area contributed by atoms with Crippen molar-refractivity contribution >= 4 is 15.9 Å². The van der Waals surface area contributed by atoms with Crippen LogP contribution in [0.25, 0.3) is 0 Å². The minimum absolute atomic E-state index is 0.249. The zero-order chi connectivity index (χ0) is 14.3. The molecule has 104 valence electrons. The van der Waals surface area contributed by atoms with E-state index in [9.17, 15) is 13.9 Å². The molecule has 2 atom stereocenters. The molecule has 0 aromatic heterocycles. The molecule has 2 aromatic rings. The highest BCUT2D eigenvalue weighted by atomic mass is 79.9. The molecule has 1 aliphatic rings. The smallest absolute Gasteiger partial charge is 0.128 e. The van der Waals surface area contributed by atoms with Crippen molar-refractivity contribution in [3.63, 3.8) is 0 Å². The highest BCUT2D eigenvalue weighted by molar-refractivity contribution is 9.10. The second-order valence-electron chi connectivity index (χ2n) is 4.71. The molecule has 2 aromatic carbocycles. The van der Waals surface area contributed by atoms with Crippen molar-refractivity contribution in [1.29, 1.82) is 0 Å². The van der Waals surface area contributed by atoms with E-state index in [-0.39, 0.29) is 12.2 Å². The van der Waals surface area contributed by atoms with Crippen LogP contribution >= 0.6 is 15.9 Å². The van der Waals surface area contributed by atoms with E-state index in [2.05, 4.69) is 15.9 Å². The monoisotopic (exact) mass is 340 g/mol. The van der Waals surface area contributed by atoms with Crippen LogP contribution in [-0.4, -0.2) is 5.11 Å². The van der Waals surface area contributed by atoms with Gasteiger partial charge < -0.3 is 9.84 Å². The molecule has 0 bridgehead atoms. The van der Waals surface area contributed by atoms with Gasteiger partial charge in [0.05, 0.1) is 6.10 Å². The zero-order valence-electron chi connectivity index (χ0n) is 10.3. The Bertz CT molecular complexity index is 660. The Morgan fingerprint density at radius 3 is 2.45 bits per heavy atom. The van der Waals surface area contributed by atoms with Crippen LogP contribution in [0.1, 0.15) is 29.8 Å². The largest absolute Gasteiger partial charge is 0.485 e. The van der Waals surface area contributed by atoms with Gasteiger partial charge in [-0.15, -0.1) is 0 Å². The Labute approximate surface area is 123 Å². The fraction of sp³-hybridized carbons (Fsp3) is 0.200. The van der Waals surface area contributed by atoms with E-state index in [0.29, 0.717) is 21.3 Å². The first-order valence-electron chi connectivity index (χ1n) is 6.13. The molecule has 2 nitrogen and oxygen atoms in total. The summed E-state index contributed by atoms with van der Waals surface area (Å²) in [7, 11) is 0.